The highest BCUT2D eigenvalue weighted by atomic mass is 35.5. The zero-order chi connectivity index (χ0) is 16.1. The maximum absolute atomic E-state index is 12.3. The summed E-state index contributed by atoms with van der Waals surface area (Å²) >= 11 is 7.69. The Morgan fingerprint density at radius 1 is 1.30 bits per heavy atom. The van der Waals surface area contributed by atoms with Gasteiger partial charge in [-0.3, -0.25) is 4.79 Å². The van der Waals surface area contributed by atoms with Crippen molar-refractivity contribution in [1.82, 2.24) is 4.90 Å². The van der Waals surface area contributed by atoms with Crippen molar-refractivity contribution in [3.63, 3.8) is 0 Å². The van der Waals surface area contributed by atoms with Crippen molar-refractivity contribution >= 4 is 34.9 Å². The maximum Gasteiger partial charge on any atom is 0.246 e. The van der Waals surface area contributed by atoms with E-state index >= 15 is 0 Å². The Hall–Kier alpha value is -1.62. The van der Waals surface area contributed by atoms with E-state index in [1.807, 2.05) is 35.2 Å². The van der Waals surface area contributed by atoms with Crippen molar-refractivity contribution in [2.24, 2.45) is 0 Å². The van der Waals surface area contributed by atoms with Gasteiger partial charge in [-0.1, -0.05) is 23.7 Å². The molecule has 2 aromatic rings. The molecule has 1 saturated heterocycles. The fraction of sp³-hybridized carbons (Fsp3) is 0.278. The van der Waals surface area contributed by atoms with Crippen molar-refractivity contribution in [2.45, 2.75) is 6.54 Å². The summed E-state index contributed by atoms with van der Waals surface area (Å²) in [7, 11) is 0. The molecule has 1 N–H and O–H groups in total. The molecule has 1 aromatic heterocycles. The zero-order valence-electron chi connectivity index (χ0n) is 12.9. The van der Waals surface area contributed by atoms with Crippen molar-refractivity contribution in [3.05, 3.63) is 63.3 Å². The lowest BCUT2D eigenvalue weighted by Crippen LogP contribution is -3.13. The Morgan fingerprint density at radius 2 is 2.13 bits per heavy atom. The van der Waals surface area contributed by atoms with Gasteiger partial charge in [0.1, 0.15) is 6.54 Å². The van der Waals surface area contributed by atoms with Crippen molar-refractivity contribution < 1.29 is 9.69 Å². The molecular weight excluding hydrogens is 328 g/mol. The minimum Gasteiger partial charge on any atom is -0.328 e. The number of hydrogen-bond donors (Lipinski definition) is 1. The minimum atomic E-state index is 0.0829. The molecule has 0 spiro atoms. The Labute approximate surface area is 145 Å². The van der Waals surface area contributed by atoms with E-state index in [4.69, 9.17) is 11.6 Å². The van der Waals surface area contributed by atoms with E-state index in [1.165, 1.54) is 5.56 Å². The third-order valence-electron chi connectivity index (χ3n) is 4.08. The molecule has 0 saturated carbocycles. The second kappa shape index (κ2) is 7.77. The van der Waals surface area contributed by atoms with Gasteiger partial charge in [-0.05, 0) is 40.6 Å². The van der Waals surface area contributed by atoms with Gasteiger partial charge in [-0.25, -0.2) is 0 Å². The number of quaternary nitrogens is 1. The fourth-order valence-electron chi connectivity index (χ4n) is 2.79. The first-order valence-electron chi connectivity index (χ1n) is 7.78. The van der Waals surface area contributed by atoms with E-state index in [1.54, 1.807) is 22.3 Å². The quantitative estimate of drug-likeness (QED) is 0.844. The maximum atomic E-state index is 12.3. The number of piperazine rings is 1. The predicted molar refractivity (Wildman–Crippen MR) is 95.8 cm³/mol. The van der Waals surface area contributed by atoms with Crippen LogP contribution in [0.15, 0.2) is 47.2 Å². The van der Waals surface area contributed by atoms with E-state index in [9.17, 15) is 4.79 Å². The lowest BCUT2D eigenvalue weighted by Gasteiger charge is -2.31. The topological polar surface area (TPSA) is 24.8 Å². The number of amides is 1. The molecule has 3 rings (SSSR count). The summed E-state index contributed by atoms with van der Waals surface area (Å²) in [6.07, 6.45) is 3.48. The molecule has 5 heteroatoms. The average molecular weight is 348 g/mol. The first-order valence-corrected chi connectivity index (χ1v) is 9.10. The van der Waals surface area contributed by atoms with Gasteiger partial charge in [-0.15, -0.1) is 0 Å². The Kier molecular flexibility index (Phi) is 5.49. The minimum absolute atomic E-state index is 0.0829. The highest BCUT2D eigenvalue weighted by Gasteiger charge is 2.22. The molecule has 120 valence electrons. The van der Waals surface area contributed by atoms with Gasteiger partial charge in [0.25, 0.3) is 0 Å². The van der Waals surface area contributed by atoms with E-state index in [0.29, 0.717) is 5.02 Å². The monoisotopic (exact) mass is 347 g/mol. The molecule has 1 amide bonds. The fourth-order valence-corrected chi connectivity index (χ4v) is 3.65. The van der Waals surface area contributed by atoms with Crippen LogP contribution in [0.3, 0.4) is 0 Å². The molecule has 23 heavy (non-hydrogen) atoms. The summed E-state index contributed by atoms with van der Waals surface area (Å²) in [5, 5.41) is 5.01. The van der Waals surface area contributed by atoms with E-state index in [2.05, 4.69) is 16.8 Å². The number of halogens is 1. The summed E-state index contributed by atoms with van der Waals surface area (Å²) in [6.45, 7) is 4.71. The lowest BCUT2D eigenvalue weighted by molar-refractivity contribution is -0.917. The second-order valence-electron chi connectivity index (χ2n) is 5.77. The number of rotatable bonds is 4. The number of nitrogens with one attached hydrogen (secondary N) is 1. The van der Waals surface area contributed by atoms with Gasteiger partial charge >= 0.3 is 0 Å². The molecule has 0 radical (unpaired) electrons. The highest BCUT2D eigenvalue weighted by Crippen LogP contribution is 2.12. The molecule has 2 heterocycles. The van der Waals surface area contributed by atoms with Gasteiger partial charge in [0, 0.05) is 16.7 Å². The van der Waals surface area contributed by atoms with Crippen LogP contribution in [0.25, 0.3) is 6.08 Å². The van der Waals surface area contributed by atoms with Gasteiger partial charge in [-0.2, -0.15) is 11.3 Å². The molecule has 0 unspecified atom stereocenters. The van der Waals surface area contributed by atoms with E-state index < -0.39 is 0 Å². The van der Waals surface area contributed by atoms with Crippen molar-refractivity contribution in [2.75, 3.05) is 26.2 Å². The molecule has 3 nitrogen and oxygen atoms in total. The van der Waals surface area contributed by atoms with Crippen LogP contribution in [0, 0.1) is 0 Å². The van der Waals surface area contributed by atoms with Gasteiger partial charge in [0.2, 0.25) is 5.91 Å². The SMILES string of the molecule is O=C(/C=C/c1cccc(Cl)c1)N1CC[NH+](Cc2ccsc2)CC1. The Bertz CT molecular complexity index is 676. The number of carbonyl (C=O) groups excluding carboxylic acids is 1. The molecule has 0 aliphatic carbocycles. The third-order valence-corrected chi connectivity index (χ3v) is 5.05. The smallest absolute Gasteiger partial charge is 0.246 e. The summed E-state index contributed by atoms with van der Waals surface area (Å²) in [5.41, 5.74) is 2.35. The average Bonchev–Trinajstić information content (AvgIpc) is 3.06. The van der Waals surface area contributed by atoms with Crippen LogP contribution in [-0.4, -0.2) is 37.0 Å². The number of carbonyl (C=O) groups is 1. The normalized spacial score (nSPS) is 16.1. The molecule has 0 atom stereocenters. The van der Waals surface area contributed by atoms with Gasteiger partial charge in [0.05, 0.1) is 26.2 Å². The number of hydrogen-bond acceptors (Lipinski definition) is 2. The first kappa shape index (κ1) is 16.2. The zero-order valence-corrected chi connectivity index (χ0v) is 14.4. The number of nitrogens with zero attached hydrogens (tertiary/aromatic N) is 1. The van der Waals surface area contributed by atoms with Crippen LogP contribution in [0.2, 0.25) is 5.02 Å². The second-order valence-corrected chi connectivity index (χ2v) is 6.99. The standard InChI is InChI=1S/C18H19ClN2OS/c19-17-3-1-2-15(12-17)4-5-18(22)21-9-7-20(8-10-21)13-16-6-11-23-14-16/h1-6,11-12,14H,7-10,13H2/p+1/b5-4+. The van der Waals surface area contributed by atoms with Crippen LogP contribution < -0.4 is 4.90 Å². The molecule has 1 aliphatic rings. The summed E-state index contributed by atoms with van der Waals surface area (Å²) in [5.74, 6) is 0.0829. The summed E-state index contributed by atoms with van der Waals surface area (Å²) in [4.78, 5) is 15.8. The van der Waals surface area contributed by atoms with E-state index in [-0.39, 0.29) is 5.91 Å². The highest BCUT2D eigenvalue weighted by molar-refractivity contribution is 7.07. The van der Waals surface area contributed by atoms with Crippen LogP contribution in [-0.2, 0) is 11.3 Å². The van der Waals surface area contributed by atoms with Crippen LogP contribution in [0.5, 0.6) is 0 Å². The molecule has 1 aliphatic heterocycles. The lowest BCUT2D eigenvalue weighted by atomic mass is 10.2. The first-order chi connectivity index (χ1) is 11.2. The van der Waals surface area contributed by atoms with Crippen LogP contribution in [0.4, 0.5) is 0 Å². The molecule has 0 bridgehead atoms. The third kappa shape index (κ3) is 4.67. The van der Waals surface area contributed by atoms with Crippen molar-refractivity contribution in [3.8, 4) is 0 Å². The van der Waals surface area contributed by atoms with Crippen molar-refractivity contribution in [1.29, 1.82) is 0 Å². The van der Waals surface area contributed by atoms with Gasteiger partial charge in [0.15, 0.2) is 0 Å². The number of benzene rings is 1. The largest absolute Gasteiger partial charge is 0.328 e. The summed E-state index contributed by atoms with van der Waals surface area (Å²) < 4.78 is 0. The number of thiophene rings is 1. The predicted octanol–water partition coefficient (Wildman–Crippen LogP) is 2.34. The summed E-state index contributed by atoms with van der Waals surface area (Å²) in [6, 6.07) is 9.70. The van der Waals surface area contributed by atoms with Crippen LogP contribution >= 0.6 is 22.9 Å². The Morgan fingerprint density at radius 3 is 2.83 bits per heavy atom. The van der Waals surface area contributed by atoms with Gasteiger partial charge < -0.3 is 9.80 Å². The molecule has 1 fully saturated rings. The van der Waals surface area contributed by atoms with Crippen LogP contribution in [0.1, 0.15) is 11.1 Å². The molecular formula is C18H20ClN2OS+. The van der Waals surface area contributed by atoms with E-state index in [0.717, 1.165) is 38.3 Å². The molecule has 1 aromatic carbocycles. The Balaban J connectivity index is 1.50.